The number of aromatic nitrogens is 4. The van der Waals surface area contributed by atoms with Gasteiger partial charge in [-0.25, -0.2) is 18.7 Å². The van der Waals surface area contributed by atoms with Crippen LogP contribution in [-0.2, 0) is 11.3 Å². The van der Waals surface area contributed by atoms with E-state index in [4.69, 9.17) is 4.74 Å². The topological polar surface area (TPSA) is 81.4 Å². The van der Waals surface area contributed by atoms with E-state index in [-0.39, 0.29) is 12.2 Å². The number of carbonyl (C=O) groups is 1. The molecule has 0 amide bonds. The molecule has 0 radical (unpaired) electrons. The van der Waals surface area contributed by atoms with Crippen LogP contribution >= 0.6 is 0 Å². The van der Waals surface area contributed by atoms with Crippen LogP contribution in [-0.4, -0.2) is 32.2 Å². The summed E-state index contributed by atoms with van der Waals surface area (Å²) in [6.45, 7) is 2.31. The number of benzene rings is 1. The number of esters is 1. The Kier molecular flexibility index (Phi) is 4.37. The fourth-order valence-corrected chi connectivity index (χ4v) is 2.92. The summed E-state index contributed by atoms with van der Waals surface area (Å²) in [7, 11) is 0. The van der Waals surface area contributed by atoms with Gasteiger partial charge in [0.2, 0.25) is 0 Å². The number of hydrogen-bond donors (Lipinski definition) is 1. The number of rotatable bonds is 5. The van der Waals surface area contributed by atoms with Crippen molar-refractivity contribution in [1.29, 1.82) is 0 Å². The van der Waals surface area contributed by atoms with E-state index < -0.39 is 11.8 Å². The molecular formula is C19H16FN5O2. The maximum absolute atomic E-state index is 13.8. The molecule has 8 heteroatoms. The van der Waals surface area contributed by atoms with Crippen molar-refractivity contribution in [1.82, 2.24) is 19.6 Å². The number of pyridine rings is 1. The lowest BCUT2D eigenvalue weighted by atomic mass is 10.1. The Balaban J connectivity index is 1.78. The molecule has 3 heterocycles. The Morgan fingerprint density at radius 3 is 2.96 bits per heavy atom. The number of nitrogens with one attached hydrogen (secondary N) is 1. The molecule has 1 N–H and O–H groups in total. The first-order valence-corrected chi connectivity index (χ1v) is 8.44. The minimum atomic E-state index is -0.516. The summed E-state index contributed by atoms with van der Waals surface area (Å²) >= 11 is 0. The van der Waals surface area contributed by atoms with Crippen LogP contribution in [0.5, 0.6) is 0 Å². The zero-order chi connectivity index (χ0) is 18.8. The Labute approximate surface area is 153 Å². The molecule has 0 aliphatic heterocycles. The maximum atomic E-state index is 13.8. The molecule has 0 aliphatic rings. The molecule has 0 saturated carbocycles. The van der Waals surface area contributed by atoms with Crippen molar-refractivity contribution >= 4 is 28.2 Å². The number of nitrogens with zero attached hydrogens (tertiary/aromatic N) is 4. The van der Waals surface area contributed by atoms with Gasteiger partial charge in [0.15, 0.2) is 5.65 Å². The van der Waals surface area contributed by atoms with E-state index in [1.165, 1.54) is 18.3 Å². The lowest BCUT2D eigenvalue weighted by Gasteiger charge is -2.14. The largest absolute Gasteiger partial charge is 0.462 e. The van der Waals surface area contributed by atoms with Crippen LogP contribution in [0.4, 0.5) is 10.1 Å². The van der Waals surface area contributed by atoms with Crippen molar-refractivity contribution in [3.05, 3.63) is 66.0 Å². The molecule has 4 aromatic rings. The zero-order valence-corrected chi connectivity index (χ0v) is 14.5. The number of anilines is 1. The van der Waals surface area contributed by atoms with Crippen LogP contribution in [0.3, 0.4) is 0 Å². The van der Waals surface area contributed by atoms with Crippen molar-refractivity contribution in [2.45, 2.75) is 13.5 Å². The first-order chi connectivity index (χ1) is 13.2. The van der Waals surface area contributed by atoms with Crippen LogP contribution in [0, 0.1) is 5.82 Å². The molecule has 0 bridgehead atoms. The fraction of sp³-hybridized carbons (Fsp3) is 0.158. The molecule has 0 spiro atoms. The van der Waals surface area contributed by atoms with E-state index in [0.717, 1.165) is 5.69 Å². The fourth-order valence-electron chi connectivity index (χ4n) is 2.92. The zero-order valence-electron chi connectivity index (χ0n) is 14.5. The second-order valence-electron chi connectivity index (χ2n) is 5.82. The predicted molar refractivity (Wildman–Crippen MR) is 98.0 cm³/mol. The van der Waals surface area contributed by atoms with Crippen LogP contribution in [0.25, 0.3) is 16.6 Å². The summed E-state index contributed by atoms with van der Waals surface area (Å²) in [5.74, 6) is -0.927. The van der Waals surface area contributed by atoms with Crippen molar-refractivity contribution in [2.75, 3.05) is 11.9 Å². The van der Waals surface area contributed by atoms with Gasteiger partial charge < -0.3 is 10.1 Å². The van der Waals surface area contributed by atoms with Crippen LogP contribution in [0.1, 0.15) is 23.0 Å². The van der Waals surface area contributed by atoms with Gasteiger partial charge in [-0.05, 0) is 31.2 Å². The molecule has 0 unspecified atom stereocenters. The smallest absolute Gasteiger partial charge is 0.341 e. The molecule has 0 aliphatic carbocycles. The van der Waals surface area contributed by atoms with Crippen LogP contribution in [0.2, 0.25) is 0 Å². The molecule has 0 atom stereocenters. The summed E-state index contributed by atoms with van der Waals surface area (Å²) in [4.78, 5) is 20.8. The standard InChI is InChI=1S/C19H16FN5O2/c1-2-27-19(26)15-11-22-16-4-3-12(20)9-14(16)18(15)23-10-13-5-7-21-17-6-8-24-25(13)17/h3-9,11H,2,10H2,1H3,(H,22,23). The third-order valence-electron chi connectivity index (χ3n) is 4.14. The minimum Gasteiger partial charge on any atom is -0.462 e. The highest BCUT2D eigenvalue weighted by Crippen LogP contribution is 2.28. The van der Waals surface area contributed by atoms with Crippen molar-refractivity contribution in [3.8, 4) is 0 Å². The van der Waals surface area contributed by atoms with E-state index in [0.29, 0.717) is 28.8 Å². The van der Waals surface area contributed by atoms with Gasteiger partial charge in [0.25, 0.3) is 0 Å². The third-order valence-corrected chi connectivity index (χ3v) is 4.14. The van der Waals surface area contributed by atoms with Crippen molar-refractivity contribution < 1.29 is 13.9 Å². The highest BCUT2D eigenvalue weighted by Gasteiger charge is 2.17. The van der Waals surface area contributed by atoms with Crippen LogP contribution in [0.15, 0.2) is 48.9 Å². The molecule has 0 fully saturated rings. The molecular weight excluding hydrogens is 349 g/mol. The van der Waals surface area contributed by atoms with Crippen molar-refractivity contribution in [2.24, 2.45) is 0 Å². The second-order valence-corrected chi connectivity index (χ2v) is 5.82. The van der Waals surface area contributed by atoms with Gasteiger partial charge in [-0.2, -0.15) is 5.10 Å². The third kappa shape index (κ3) is 3.17. The Morgan fingerprint density at radius 1 is 1.22 bits per heavy atom. The molecule has 27 heavy (non-hydrogen) atoms. The van der Waals surface area contributed by atoms with Gasteiger partial charge in [-0.3, -0.25) is 4.98 Å². The van der Waals surface area contributed by atoms with E-state index >= 15 is 0 Å². The van der Waals surface area contributed by atoms with Crippen molar-refractivity contribution in [3.63, 3.8) is 0 Å². The summed E-state index contributed by atoms with van der Waals surface area (Å²) in [6, 6.07) is 7.87. The van der Waals surface area contributed by atoms with Gasteiger partial charge in [0, 0.05) is 23.8 Å². The van der Waals surface area contributed by atoms with E-state index in [9.17, 15) is 9.18 Å². The molecule has 4 rings (SSSR count). The first-order valence-electron chi connectivity index (χ1n) is 8.44. The number of fused-ring (bicyclic) bond motifs is 2. The lowest BCUT2D eigenvalue weighted by Crippen LogP contribution is -2.13. The SMILES string of the molecule is CCOC(=O)c1cnc2ccc(F)cc2c1NCc1ccnc2ccnn12. The number of halogens is 1. The summed E-state index contributed by atoms with van der Waals surface area (Å²) in [6.07, 6.45) is 4.79. The summed E-state index contributed by atoms with van der Waals surface area (Å²) in [5.41, 5.74) is 2.84. The Hall–Kier alpha value is -3.55. The number of carbonyl (C=O) groups excluding carboxylic acids is 1. The van der Waals surface area contributed by atoms with E-state index in [1.807, 2.05) is 6.07 Å². The van der Waals surface area contributed by atoms with Gasteiger partial charge in [-0.15, -0.1) is 0 Å². The molecule has 1 aromatic carbocycles. The highest BCUT2D eigenvalue weighted by molar-refractivity contribution is 6.04. The molecule has 0 saturated heterocycles. The minimum absolute atomic E-state index is 0.234. The number of ether oxygens (including phenoxy) is 1. The first kappa shape index (κ1) is 16.9. The van der Waals surface area contributed by atoms with Gasteiger partial charge in [0.05, 0.1) is 36.2 Å². The lowest BCUT2D eigenvalue weighted by molar-refractivity contribution is 0.0527. The van der Waals surface area contributed by atoms with E-state index in [2.05, 4.69) is 20.4 Å². The summed E-state index contributed by atoms with van der Waals surface area (Å²) in [5, 5.41) is 7.98. The van der Waals surface area contributed by atoms with Crippen LogP contribution < -0.4 is 5.32 Å². The highest BCUT2D eigenvalue weighted by atomic mass is 19.1. The normalized spacial score (nSPS) is 11.0. The second kappa shape index (κ2) is 6.99. The van der Waals surface area contributed by atoms with Gasteiger partial charge >= 0.3 is 5.97 Å². The van der Waals surface area contributed by atoms with E-state index in [1.54, 1.807) is 36.0 Å². The average molecular weight is 365 g/mol. The van der Waals surface area contributed by atoms with Gasteiger partial charge in [0.1, 0.15) is 11.4 Å². The predicted octanol–water partition coefficient (Wildman–Crippen LogP) is 3.21. The quantitative estimate of drug-likeness (QED) is 0.547. The molecule has 3 aromatic heterocycles. The van der Waals surface area contributed by atoms with Gasteiger partial charge in [-0.1, -0.05) is 0 Å². The average Bonchev–Trinajstić information content (AvgIpc) is 3.15. The number of hydrogen-bond acceptors (Lipinski definition) is 6. The molecule has 7 nitrogen and oxygen atoms in total. The summed E-state index contributed by atoms with van der Waals surface area (Å²) < 4.78 is 20.6. The Morgan fingerprint density at radius 2 is 2.11 bits per heavy atom. The monoisotopic (exact) mass is 365 g/mol. The molecule has 136 valence electrons. The maximum Gasteiger partial charge on any atom is 0.341 e. The Bertz CT molecular complexity index is 1140.